The highest BCUT2D eigenvalue weighted by molar-refractivity contribution is 7.15. The topological polar surface area (TPSA) is 144 Å². The van der Waals surface area contributed by atoms with Crippen LogP contribution in [0.15, 0.2) is 115 Å². The normalized spacial score (nSPS) is 14.5. The molecular formula is C46H47N5O5S. The minimum atomic E-state index is -0.939. The number of primary amides is 1. The van der Waals surface area contributed by atoms with Crippen LogP contribution >= 0.6 is 11.3 Å². The number of hydrogen-bond donors (Lipinski definition) is 3. The highest BCUT2D eigenvalue weighted by Crippen LogP contribution is 2.35. The average Bonchev–Trinajstić information content (AvgIpc) is 3.66. The minimum Gasteiger partial charge on any atom is -0.444 e. The summed E-state index contributed by atoms with van der Waals surface area (Å²) in [6.45, 7) is 6.22. The van der Waals surface area contributed by atoms with E-state index in [9.17, 15) is 19.2 Å². The lowest BCUT2D eigenvalue weighted by Crippen LogP contribution is -2.52. The molecule has 0 saturated carbocycles. The van der Waals surface area contributed by atoms with E-state index in [-0.39, 0.29) is 23.9 Å². The molecule has 2 heterocycles. The Hall–Kier alpha value is -6.07. The molecule has 292 valence electrons. The molecule has 11 heteroatoms. The number of fused-ring (bicyclic) bond motifs is 2. The first-order valence-electron chi connectivity index (χ1n) is 19.3. The van der Waals surface area contributed by atoms with Crippen molar-refractivity contribution < 1.29 is 23.9 Å². The second kappa shape index (κ2) is 17.0. The van der Waals surface area contributed by atoms with E-state index < -0.39 is 35.6 Å². The standard InChI is InChI=1S/C46H47N5O5S/c1-46(2,3)56-45(55)51-23-21-34(22-24-51)42(53)48-37(27-29-17-19-31-11-7-9-15-35(31)25-29)43(54)49-38(28-30-18-20-32-12-8-10-16-36(32)26-30)44-50-39(41(47)52)40(57-44)33-13-5-4-6-14-33/h4-20,25-26,34,37-38H,21-24,27-28H2,1-3H3,(H2,47,52)(H,48,53)(H,49,54). The molecule has 5 aromatic carbocycles. The minimum absolute atomic E-state index is 0.137. The first-order valence-corrected chi connectivity index (χ1v) is 20.1. The van der Waals surface area contributed by atoms with Crippen molar-refractivity contribution in [3.8, 4) is 10.4 Å². The van der Waals surface area contributed by atoms with Crippen molar-refractivity contribution in [2.45, 2.75) is 64.1 Å². The summed E-state index contributed by atoms with van der Waals surface area (Å²) in [7, 11) is 0. The van der Waals surface area contributed by atoms with Gasteiger partial charge in [0.1, 0.15) is 22.3 Å². The molecule has 10 nitrogen and oxygen atoms in total. The van der Waals surface area contributed by atoms with Gasteiger partial charge in [-0.25, -0.2) is 9.78 Å². The molecule has 0 bridgehead atoms. The second-order valence-electron chi connectivity index (χ2n) is 15.6. The summed E-state index contributed by atoms with van der Waals surface area (Å²) in [5, 5.41) is 11.1. The third kappa shape index (κ3) is 9.67. The van der Waals surface area contributed by atoms with E-state index in [4.69, 9.17) is 15.5 Å². The first-order chi connectivity index (χ1) is 27.4. The van der Waals surface area contributed by atoms with Gasteiger partial charge in [-0.1, -0.05) is 115 Å². The van der Waals surface area contributed by atoms with Crippen molar-refractivity contribution >= 4 is 56.7 Å². The van der Waals surface area contributed by atoms with Crippen molar-refractivity contribution in [1.82, 2.24) is 20.5 Å². The summed E-state index contributed by atoms with van der Waals surface area (Å²) in [6, 6.07) is 36.1. The van der Waals surface area contributed by atoms with Crippen LogP contribution < -0.4 is 16.4 Å². The van der Waals surface area contributed by atoms with Gasteiger partial charge in [-0.05, 0) is 78.3 Å². The summed E-state index contributed by atoms with van der Waals surface area (Å²) in [4.78, 5) is 61.1. The molecule has 1 fully saturated rings. The lowest BCUT2D eigenvalue weighted by molar-refractivity contribution is -0.132. The predicted octanol–water partition coefficient (Wildman–Crippen LogP) is 7.99. The summed E-state index contributed by atoms with van der Waals surface area (Å²) >= 11 is 1.32. The Labute approximate surface area is 336 Å². The number of piperidine rings is 1. The maximum absolute atomic E-state index is 14.7. The van der Waals surface area contributed by atoms with E-state index in [1.807, 2.05) is 130 Å². The van der Waals surface area contributed by atoms with Crippen molar-refractivity contribution in [1.29, 1.82) is 0 Å². The van der Waals surface area contributed by atoms with Crippen molar-refractivity contribution in [2.75, 3.05) is 13.1 Å². The van der Waals surface area contributed by atoms with E-state index in [2.05, 4.69) is 16.7 Å². The number of carbonyl (C=O) groups excluding carboxylic acids is 4. The van der Waals surface area contributed by atoms with Gasteiger partial charge in [-0.3, -0.25) is 14.4 Å². The van der Waals surface area contributed by atoms with Crippen LogP contribution in [0.5, 0.6) is 0 Å². The number of ether oxygens (including phenoxy) is 1. The number of hydrogen-bond acceptors (Lipinski definition) is 7. The third-order valence-electron chi connectivity index (χ3n) is 10.2. The molecule has 1 saturated heterocycles. The van der Waals surface area contributed by atoms with Gasteiger partial charge >= 0.3 is 6.09 Å². The number of nitrogens with two attached hydrogens (primary N) is 1. The van der Waals surface area contributed by atoms with Crippen LogP contribution in [-0.2, 0) is 27.2 Å². The van der Waals surface area contributed by atoms with Crippen LogP contribution in [0.1, 0.15) is 66.3 Å². The van der Waals surface area contributed by atoms with Crippen LogP contribution in [0.2, 0.25) is 0 Å². The quantitative estimate of drug-likeness (QED) is 0.122. The number of likely N-dealkylation sites (tertiary alicyclic amines) is 1. The van der Waals surface area contributed by atoms with Gasteiger partial charge in [-0.2, -0.15) is 0 Å². The fraction of sp³-hybridized carbons (Fsp3) is 0.283. The molecule has 2 unspecified atom stereocenters. The van der Waals surface area contributed by atoms with E-state index in [1.54, 1.807) is 4.90 Å². The highest BCUT2D eigenvalue weighted by atomic mass is 32.1. The second-order valence-corrected chi connectivity index (χ2v) is 16.6. The Morgan fingerprint density at radius 1 is 0.772 bits per heavy atom. The zero-order chi connectivity index (χ0) is 40.1. The molecular weight excluding hydrogens is 735 g/mol. The molecule has 1 aliphatic rings. The van der Waals surface area contributed by atoms with Gasteiger partial charge in [0.2, 0.25) is 11.8 Å². The van der Waals surface area contributed by atoms with E-state index >= 15 is 0 Å². The largest absolute Gasteiger partial charge is 0.444 e. The van der Waals surface area contributed by atoms with Crippen molar-refractivity contribution in [3.63, 3.8) is 0 Å². The van der Waals surface area contributed by atoms with Gasteiger partial charge in [0.05, 0.1) is 10.9 Å². The summed E-state index contributed by atoms with van der Waals surface area (Å²) < 4.78 is 5.55. The first kappa shape index (κ1) is 39.2. The number of rotatable bonds is 11. The SMILES string of the molecule is CC(C)(C)OC(=O)N1CCC(C(=O)NC(Cc2ccc3ccccc3c2)C(=O)NC(Cc2ccc3ccccc3c2)c2nc(C(N)=O)c(-c3ccccc3)s2)CC1. The maximum Gasteiger partial charge on any atom is 0.410 e. The van der Waals surface area contributed by atoms with Gasteiger partial charge in [0.25, 0.3) is 5.91 Å². The van der Waals surface area contributed by atoms with E-state index in [0.717, 1.165) is 38.2 Å². The smallest absolute Gasteiger partial charge is 0.410 e. The van der Waals surface area contributed by atoms with Crippen LogP contribution in [0.25, 0.3) is 32.0 Å². The maximum atomic E-state index is 14.7. The Morgan fingerprint density at radius 2 is 1.33 bits per heavy atom. The zero-order valence-electron chi connectivity index (χ0n) is 32.4. The molecule has 6 aromatic rings. The zero-order valence-corrected chi connectivity index (χ0v) is 33.2. The molecule has 2 atom stereocenters. The van der Waals surface area contributed by atoms with Gasteiger partial charge < -0.3 is 26.0 Å². The fourth-order valence-electron chi connectivity index (χ4n) is 7.26. The molecule has 4 N–H and O–H groups in total. The average molecular weight is 782 g/mol. The van der Waals surface area contributed by atoms with E-state index in [0.29, 0.717) is 42.2 Å². The molecule has 0 aliphatic carbocycles. The summed E-state index contributed by atoms with van der Waals surface area (Å²) in [5.41, 5.74) is 8.03. The molecule has 0 radical (unpaired) electrons. The lowest BCUT2D eigenvalue weighted by atomic mass is 9.94. The number of thiazole rings is 1. The monoisotopic (exact) mass is 781 g/mol. The molecule has 7 rings (SSSR count). The van der Waals surface area contributed by atoms with Crippen LogP contribution in [-0.4, -0.2) is 58.4 Å². The molecule has 1 aliphatic heterocycles. The van der Waals surface area contributed by atoms with Crippen molar-refractivity contribution in [3.05, 3.63) is 137 Å². The Bertz CT molecular complexity index is 2420. The number of amides is 4. The predicted molar refractivity (Wildman–Crippen MR) is 225 cm³/mol. The summed E-state index contributed by atoms with van der Waals surface area (Å²) in [6.07, 6.45) is 1.09. The Morgan fingerprint density at radius 3 is 1.91 bits per heavy atom. The summed E-state index contributed by atoms with van der Waals surface area (Å²) in [5.74, 6) is -1.69. The van der Waals surface area contributed by atoms with Crippen molar-refractivity contribution in [2.24, 2.45) is 11.7 Å². The van der Waals surface area contributed by atoms with Crippen LogP contribution in [0.4, 0.5) is 4.79 Å². The lowest BCUT2D eigenvalue weighted by Gasteiger charge is -2.33. The Kier molecular flexibility index (Phi) is 11.7. The number of carbonyl (C=O) groups is 4. The molecule has 4 amide bonds. The fourth-order valence-corrected chi connectivity index (χ4v) is 8.39. The van der Waals surface area contributed by atoms with Gasteiger partial charge in [0, 0.05) is 25.4 Å². The Balaban J connectivity index is 1.19. The number of aromatic nitrogens is 1. The van der Waals surface area contributed by atoms with Crippen LogP contribution in [0.3, 0.4) is 0 Å². The van der Waals surface area contributed by atoms with Crippen LogP contribution in [0, 0.1) is 5.92 Å². The molecule has 0 spiro atoms. The number of benzene rings is 5. The molecule has 57 heavy (non-hydrogen) atoms. The molecule has 1 aromatic heterocycles. The van der Waals surface area contributed by atoms with Gasteiger partial charge in [0.15, 0.2) is 0 Å². The highest BCUT2D eigenvalue weighted by Gasteiger charge is 2.33. The van der Waals surface area contributed by atoms with Gasteiger partial charge in [-0.15, -0.1) is 11.3 Å². The van der Waals surface area contributed by atoms with E-state index in [1.165, 1.54) is 11.3 Å². The third-order valence-corrected chi connectivity index (χ3v) is 11.4. The number of nitrogens with zero attached hydrogens (tertiary/aromatic N) is 2. The number of nitrogens with one attached hydrogen (secondary N) is 2.